The van der Waals surface area contributed by atoms with Crippen molar-refractivity contribution in [2.75, 3.05) is 0 Å². The molecule has 1 heterocycles. The van der Waals surface area contributed by atoms with Gasteiger partial charge in [0.05, 0.1) is 0 Å². The van der Waals surface area contributed by atoms with E-state index in [1.54, 1.807) is 6.92 Å². The second-order valence-corrected chi connectivity index (χ2v) is 1.63. The first-order chi connectivity index (χ1) is 3.72. The Morgan fingerprint density at radius 1 is 1.50 bits per heavy atom. The highest BCUT2D eigenvalue weighted by atomic mass is 16.2. The van der Waals surface area contributed by atoms with Gasteiger partial charge >= 0.3 is 0 Å². The van der Waals surface area contributed by atoms with Crippen molar-refractivity contribution < 1.29 is 9.59 Å². The summed E-state index contributed by atoms with van der Waals surface area (Å²) in [6, 6.07) is 0. The van der Waals surface area contributed by atoms with Gasteiger partial charge in [0.25, 0.3) is 5.91 Å². The first-order valence-corrected chi connectivity index (χ1v) is 2.24. The topological polar surface area (TPSA) is 46.2 Å². The molecule has 42 valence electrons. The van der Waals surface area contributed by atoms with Gasteiger partial charge in [-0.15, -0.1) is 0 Å². The Bertz CT molecular complexity index is 181. The molecule has 0 aliphatic carbocycles. The largest absolute Gasteiger partial charge is 0.325 e. The minimum atomic E-state index is -0.525. The Labute approximate surface area is 46.4 Å². The monoisotopic (exact) mass is 111 g/mol. The van der Waals surface area contributed by atoms with E-state index in [4.69, 9.17) is 0 Å². The van der Waals surface area contributed by atoms with Crippen LogP contribution in [-0.2, 0) is 9.59 Å². The fourth-order valence-corrected chi connectivity index (χ4v) is 0.484. The Morgan fingerprint density at radius 2 is 2.12 bits per heavy atom. The quantitative estimate of drug-likeness (QED) is 0.432. The lowest BCUT2D eigenvalue weighted by atomic mass is 10.2. The van der Waals surface area contributed by atoms with Crippen molar-refractivity contribution in [3.8, 4) is 0 Å². The zero-order chi connectivity index (χ0) is 6.15. The van der Waals surface area contributed by atoms with Crippen LogP contribution in [0.5, 0.6) is 0 Å². The van der Waals surface area contributed by atoms with E-state index in [9.17, 15) is 9.59 Å². The molecular weight excluding hydrogens is 106 g/mol. The molecule has 1 N–H and O–H groups in total. The van der Waals surface area contributed by atoms with E-state index in [0.29, 0.717) is 5.57 Å². The van der Waals surface area contributed by atoms with Gasteiger partial charge in [0.15, 0.2) is 0 Å². The predicted octanol–water partition coefficient (Wildman–Crippen LogP) is -0.411. The molecule has 0 aromatic heterocycles. The molecule has 0 saturated heterocycles. The van der Waals surface area contributed by atoms with Gasteiger partial charge in [-0.05, 0) is 6.92 Å². The molecule has 0 aromatic carbocycles. The van der Waals surface area contributed by atoms with Crippen LogP contribution in [0.15, 0.2) is 11.8 Å². The second kappa shape index (κ2) is 1.43. The van der Waals surface area contributed by atoms with Crippen LogP contribution in [0, 0.1) is 0 Å². The van der Waals surface area contributed by atoms with Crippen LogP contribution in [-0.4, -0.2) is 11.7 Å². The van der Waals surface area contributed by atoms with Crippen molar-refractivity contribution in [3.05, 3.63) is 11.8 Å². The van der Waals surface area contributed by atoms with Gasteiger partial charge < -0.3 is 5.32 Å². The lowest BCUT2D eigenvalue weighted by Crippen LogP contribution is -2.18. The molecule has 1 rings (SSSR count). The molecule has 1 aliphatic heterocycles. The Kier molecular flexibility index (Phi) is 0.901. The van der Waals surface area contributed by atoms with E-state index < -0.39 is 11.7 Å². The van der Waals surface area contributed by atoms with E-state index in [2.05, 4.69) is 5.32 Å². The van der Waals surface area contributed by atoms with Crippen LogP contribution in [0.2, 0.25) is 0 Å². The first kappa shape index (κ1) is 5.03. The summed E-state index contributed by atoms with van der Waals surface area (Å²) >= 11 is 0. The zero-order valence-corrected chi connectivity index (χ0v) is 4.39. The summed E-state index contributed by atoms with van der Waals surface area (Å²) in [5.41, 5.74) is 0.481. The lowest BCUT2D eigenvalue weighted by molar-refractivity contribution is -0.134. The second-order valence-electron chi connectivity index (χ2n) is 1.63. The molecule has 8 heavy (non-hydrogen) atoms. The van der Waals surface area contributed by atoms with Gasteiger partial charge in [0, 0.05) is 11.8 Å². The fourth-order valence-electron chi connectivity index (χ4n) is 0.484. The lowest BCUT2D eigenvalue weighted by Gasteiger charge is -1.80. The molecule has 0 bridgehead atoms. The molecule has 0 spiro atoms. The number of Topliss-reactive ketones (excluding diaryl/α,β-unsaturated/α-hetero) is 1. The molecule has 1 amide bonds. The van der Waals surface area contributed by atoms with Crippen molar-refractivity contribution in [2.24, 2.45) is 0 Å². The van der Waals surface area contributed by atoms with Crippen molar-refractivity contribution >= 4 is 11.7 Å². The molecule has 0 atom stereocenters. The maximum atomic E-state index is 10.4. The molecule has 1 aliphatic rings. The minimum Gasteiger partial charge on any atom is -0.325 e. The molecule has 3 nitrogen and oxygen atoms in total. The van der Waals surface area contributed by atoms with Gasteiger partial charge in [-0.25, -0.2) is 0 Å². The summed E-state index contributed by atoms with van der Waals surface area (Å²) in [4.78, 5) is 20.7. The van der Waals surface area contributed by atoms with E-state index in [1.807, 2.05) is 0 Å². The number of rotatable bonds is 0. The summed E-state index contributed by atoms with van der Waals surface area (Å²) in [6.07, 6.45) is 1.41. The molecule has 0 unspecified atom stereocenters. The van der Waals surface area contributed by atoms with E-state index >= 15 is 0 Å². The SMILES string of the molecule is CC1=CNC(=O)C1=O. The highest BCUT2D eigenvalue weighted by Crippen LogP contribution is 1.98. The molecular formula is C5H5NO2. The third kappa shape index (κ3) is 0.521. The summed E-state index contributed by atoms with van der Waals surface area (Å²) in [7, 11) is 0. The van der Waals surface area contributed by atoms with E-state index in [1.165, 1.54) is 6.20 Å². The maximum absolute atomic E-state index is 10.4. The maximum Gasteiger partial charge on any atom is 0.296 e. The third-order valence-electron chi connectivity index (χ3n) is 0.984. The molecule has 0 radical (unpaired) electrons. The average Bonchev–Trinajstić information content (AvgIpc) is 1.98. The Hall–Kier alpha value is -1.12. The minimum absolute atomic E-state index is 0.426. The standard InChI is InChI=1S/C5H5NO2/c1-3-2-6-5(8)4(3)7/h2H,1H3,(H,6,7,8). The van der Waals surface area contributed by atoms with Crippen LogP contribution in [0.3, 0.4) is 0 Å². The van der Waals surface area contributed by atoms with Gasteiger partial charge in [0.1, 0.15) is 0 Å². The van der Waals surface area contributed by atoms with E-state index in [0.717, 1.165) is 0 Å². The summed E-state index contributed by atoms with van der Waals surface area (Å²) in [6.45, 7) is 1.60. The number of carbonyl (C=O) groups is 2. The van der Waals surface area contributed by atoms with Gasteiger partial charge in [-0.3, -0.25) is 9.59 Å². The number of amides is 1. The third-order valence-corrected chi connectivity index (χ3v) is 0.984. The van der Waals surface area contributed by atoms with Gasteiger partial charge in [-0.1, -0.05) is 0 Å². The number of hydrogen-bond donors (Lipinski definition) is 1. The number of hydrogen-bond acceptors (Lipinski definition) is 2. The van der Waals surface area contributed by atoms with Crippen LogP contribution in [0.25, 0.3) is 0 Å². The normalized spacial score (nSPS) is 18.4. The summed E-state index contributed by atoms with van der Waals surface area (Å²) in [5.74, 6) is -0.951. The van der Waals surface area contributed by atoms with Crippen LogP contribution in [0.4, 0.5) is 0 Å². The van der Waals surface area contributed by atoms with Crippen molar-refractivity contribution in [1.29, 1.82) is 0 Å². The van der Waals surface area contributed by atoms with E-state index in [-0.39, 0.29) is 0 Å². The van der Waals surface area contributed by atoms with Crippen molar-refractivity contribution in [3.63, 3.8) is 0 Å². The molecule has 3 heteroatoms. The molecule has 0 saturated carbocycles. The smallest absolute Gasteiger partial charge is 0.296 e. The number of ketones is 1. The predicted molar refractivity (Wildman–Crippen MR) is 26.9 cm³/mol. The van der Waals surface area contributed by atoms with Crippen molar-refractivity contribution in [1.82, 2.24) is 5.32 Å². The number of carbonyl (C=O) groups excluding carboxylic acids is 2. The average molecular weight is 111 g/mol. The van der Waals surface area contributed by atoms with Crippen molar-refractivity contribution in [2.45, 2.75) is 6.92 Å². The molecule has 0 aromatic rings. The highest BCUT2D eigenvalue weighted by Gasteiger charge is 2.19. The Morgan fingerprint density at radius 3 is 2.25 bits per heavy atom. The van der Waals surface area contributed by atoms with Crippen LogP contribution in [0.1, 0.15) is 6.92 Å². The van der Waals surface area contributed by atoms with Gasteiger partial charge in [-0.2, -0.15) is 0 Å². The fraction of sp³-hybridized carbons (Fsp3) is 0.200. The first-order valence-electron chi connectivity index (χ1n) is 2.24. The van der Waals surface area contributed by atoms with Crippen LogP contribution >= 0.6 is 0 Å². The summed E-state index contributed by atoms with van der Waals surface area (Å²) in [5, 5.41) is 2.27. The number of nitrogens with one attached hydrogen (secondary N) is 1. The summed E-state index contributed by atoms with van der Waals surface area (Å²) < 4.78 is 0. The molecule has 0 fully saturated rings. The Balaban J connectivity index is 2.89. The van der Waals surface area contributed by atoms with Gasteiger partial charge in [0.2, 0.25) is 5.78 Å². The highest BCUT2D eigenvalue weighted by molar-refractivity contribution is 6.44. The zero-order valence-electron chi connectivity index (χ0n) is 4.39. The van der Waals surface area contributed by atoms with Crippen LogP contribution < -0.4 is 5.32 Å².